The van der Waals surface area contributed by atoms with Gasteiger partial charge in [-0.25, -0.2) is 4.79 Å². The van der Waals surface area contributed by atoms with E-state index in [0.29, 0.717) is 11.3 Å². The van der Waals surface area contributed by atoms with E-state index in [1.807, 2.05) is 19.1 Å². The van der Waals surface area contributed by atoms with Crippen LogP contribution in [0.15, 0.2) is 70.6 Å². The topological polar surface area (TPSA) is 76.0 Å². The Labute approximate surface area is 160 Å². The number of anilines is 1. The van der Waals surface area contributed by atoms with E-state index in [0.717, 1.165) is 23.4 Å². The van der Waals surface area contributed by atoms with E-state index in [4.69, 9.17) is 0 Å². The highest BCUT2D eigenvalue weighted by atomic mass is 32.2. The van der Waals surface area contributed by atoms with Gasteiger partial charge in [-0.3, -0.25) is 14.5 Å². The summed E-state index contributed by atoms with van der Waals surface area (Å²) >= 11 is 0.963. The summed E-state index contributed by atoms with van der Waals surface area (Å²) in [6, 6.07) is 15.8. The molecule has 27 heavy (non-hydrogen) atoms. The van der Waals surface area contributed by atoms with Crippen LogP contribution in [0.1, 0.15) is 15.9 Å². The van der Waals surface area contributed by atoms with Crippen molar-refractivity contribution in [3.63, 3.8) is 0 Å². The fraction of sp³-hybridized carbons (Fsp3) is 0.100. The third-order valence-corrected chi connectivity index (χ3v) is 4.80. The maximum atomic E-state index is 12.9. The minimum atomic E-state index is -0.647. The second kappa shape index (κ2) is 8.01. The molecule has 0 atom stereocenters. The van der Waals surface area contributed by atoms with Crippen molar-refractivity contribution in [1.29, 1.82) is 0 Å². The quantitative estimate of drug-likeness (QED) is 0.603. The summed E-state index contributed by atoms with van der Waals surface area (Å²) in [5, 5.41) is 0.193. The third-order valence-electron chi connectivity index (χ3n) is 3.83. The molecule has 1 fully saturated rings. The van der Waals surface area contributed by atoms with Crippen molar-refractivity contribution in [3.8, 4) is 0 Å². The van der Waals surface area contributed by atoms with Crippen molar-refractivity contribution < 1.29 is 19.1 Å². The minimum Gasteiger partial charge on any atom is -0.466 e. The Morgan fingerprint density at radius 2 is 1.74 bits per heavy atom. The summed E-state index contributed by atoms with van der Waals surface area (Å²) in [5.41, 5.74) is 1.85. The van der Waals surface area contributed by atoms with Crippen LogP contribution < -0.4 is 4.90 Å². The van der Waals surface area contributed by atoms with Crippen molar-refractivity contribution in [1.82, 2.24) is 0 Å². The van der Waals surface area contributed by atoms with Crippen LogP contribution in [0.4, 0.5) is 5.69 Å². The van der Waals surface area contributed by atoms with E-state index in [1.165, 1.54) is 12.0 Å². The molecule has 0 spiro atoms. The number of nitrogens with zero attached hydrogens (tertiary/aromatic N) is 2. The van der Waals surface area contributed by atoms with Crippen molar-refractivity contribution >= 4 is 40.4 Å². The van der Waals surface area contributed by atoms with Gasteiger partial charge < -0.3 is 4.74 Å². The molecule has 136 valence electrons. The molecule has 1 aliphatic heterocycles. The fourth-order valence-electron chi connectivity index (χ4n) is 2.47. The molecule has 3 rings (SSSR count). The van der Waals surface area contributed by atoms with Crippen molar-refractivity contribution in [2.45, 2.75) is 6.92 Å². The Morgan fingerprint density at radius 1 is 1.07 bits per heavy atom. The second-order valence-electron chi connectivity index (χ2n) is 5.63. The third kappa shape index (κ3) is 3.98. The average Bonchev–Trinajstić information content (AvgIpc) is 2.97. The largest absolute Gasteiger partial charge is 0.466 e. The highest BCUT2D eigenvalue weighted by Crippen LogP contribution is 2.36. The Morgan fingerprint density at radius 3 is 2.41 bits per heavy atom. The van der Waals surface area contributed by atoms with Gasteiger partial charge in [0.05, 0.1) is 17.7 Å². The molecule has 1 heterocycles. The SMILES string of the molecule is COC(=O)C=C1SC(=NC(=O)c2ccccc2)N(c2ccccc2C)C1=O. The van der Waals surface area contributed by atoms with Crippen LogP contribution in [-0.4, -0.2) is 30.1 Å². The van der Waals surface area contributed by atoms with Crippen LogP contribution >= 0.6 is 11.8 Å². The number of carbonyl (C=O) groups is 3. The summed E-state index contributed by atoms with van der Waals surface area (Å²) < 4.78 is 4.60. The first-order chi connectivity index (χ1) is 13.0. The molecule has 2 aromatic carbocycles. The van der Waals surface area contributed by atoms with Crippen LogP contribution in [0.5, 0.6) is 0 Å². The number of hydrogen-bond acceptors (Lipinski definition) is 5. The number of aliphatic imine (C=N–C) groups is 1. The number of amidine groups is 1. The molecule has 0 N–H and O–H groups in total. The maximum Gasteiger partial charge on any atom is 0.331 e. The van der Waals surface area contributed by atoms with Gasteiger partial charge in [0.25, 0.3) is 11.8 Å². The highest BCUT2D eigenvalue weighted by molar-refractivity contribution is 8.19. The van der Waals surface area contributed by atoms with Crippen molar-refractivity contribution in [2.24, 2.45) is 4.99 Å². The van der Waals surface area contributed by atoms with Crippen molar-refractivity contribution in [3.05, 3.63) is 76.7 Å². The normalized spacial score (nSPS) is 16.8. The highest BCUT2D eigenvalue weighted by Gasteiger charge is 2.36. The van der Waals surface area contributed by atoms with Gasteiger partial charge in [-0.15, -0.1) is 0 Å². The number of amides is 2. The molecule has 2 amide bonds. The number of carbonyl (C=O) groups excluding carboxylic acids is 3. The molecule has 0 bridgehead atoms. The number of rotatable bonds is 3. The fourth-order valence-corrected chi connectivity index (χ4v) is 3.41. The van der Waals surface area contributed by atoms with E-state index in [2.05, 4.69) is 9.73 Å². The van der Waals surface area contributed by atoms with Gasteiger partial charge in [-0.2, -0.15) is 4.99 Å². The minimum absolute atomic E-state index is 0.143. The van der Waals surface area contributed by atoms with Crippen LogP contribution in [0.2, 0.25) is 0 Å². The maximum absolute atomic E-state index is 12.9. The zero-order valence-corrected chi connectivity index (χ0v) is 15.5. The number of ether oxygens (including phenoxy) is 1. The van der Waals surface area contributed by atoms with Crippen molar-refractivity contribution in [2.75, 3.05) is 12.0 Å². The first kappa shape index (κ1) is 18.6. The predicted octanol–water partition coefficient (Wildman–Crippen LogP) is 3.33. The van der Waals surface area contributed by atoms with Gasteiger partial charge >= 0.3 is 5.97 Å². The van der Waals surface area contributed by atoms with Crippen LogP contribution in [0, 0.1) is 6.92 Å². The lowest BCUT2D eigenvalue weighted by molar-refractivity contribution is -0.135. The molecule has 1 saturated heterocycles. The average molecular weight is 380 g/mol. The Balaban J connectivity index is 2.06. The Kier molecular flexibility index (Phi) is 5.52. The molecule has 0 unspecified atom stereocenters. The first-order valence-corrected chi connectivity index (χ1v) is 8.88. The summed E-state index contributed by atoms with van der Waals surface area (Å²) in [6.45, 7) is 1.85. The molecule has 0 aliphatic carbocycles. The number of para-hydroxylation sites is 1. The van der Waals surface area contributed by atoms with Crippen LogP contribution in [0.3, 0.4) is 0 Å². The molecule has 0 radical (unpaired) electrons. The molecule has 7 heteroatoms. The van der Waals surface area contributed by atoms with E-state index in [-0.39, 0.29) is 10.1 Å². The molecule has 1 aliphatic rings. The molecular weight excluding hydrogens is 364 g/mol. The monoisotopic (exact) mass is 380 g/mol. The van der Waals surface area contributed by atoms with Gasteiger partial charge in [0.1, 0.15) is 0 Å². The number of aryl methyl sites for hydroxylation is 1. The zero-order valence-electron chi connectivity index (χ0n) is 14.7. The number of hydrogen-bond donors (Lipinski definition) is 0. The van der Waals surface area contributed by atoms with Gasteiger partial charge in [-0.05, 0) is 42.4 Å². The first-order valence-electron chi connectivity index (χ1n) is 8.07. The number of esters is 1. The van der Waals surface area contributed by atoms with E-state index in [1.54, 1.807) is 42.5 Å². The Bertz CT molecular complexity index is 967. The lowest BCUT2D eigenvalue weighted by Gasteiger charge is -2.17. The van der Waals surface area contributed by atoms with Gasteiger partial charge in [0.2, 0.25) is 0 Å². The molecule has 0 aromatic heterocycles. The van der Waals surface area contributed by atoms with Gasteiger partial charge in [-0.1, -0.05) is 36.4 Å². The molecule has 2 aromatic rings. The van der Waals surface area contributed by atoms with Gasteiger partial charge in [0, 0.05) is 11.6 Å². The Hall–Kier alpha value is -3.19. The smallest absolute Gasteiger partial charge is 0.331 e. The lowest BCUT2D eigenvalue weighted by atomic mass is 10.2. The van der Waals surface area contributed by atoms with Crippen LogP contribution in [0.25, 0.3) is 0 Å². The van der Waals surface area contributed by atoms with Gasteiger partial charge in [0.15, 0.2) is 5.17 Å². The van der Waals surface area contributed by atoms with E-state index in [9.17, 15) is 14.4 Å². The zero-order chi connectivity index (χ0) is 19.4. The van der Waals surface area contributed by atoms with E-state index < -0.39 is 17.8 Å². The summed E-state index contributed by atoms with van der Waals surface area (Å²) in [5.74, 6) is -1.55. The lowest BCUT2D eigenvalue weighted by Crippen LogP contribution is -2.30. The van der Waals surface area contributed by atoms with E-state index >= 15 is 0 Å². The number of thioether (sulfide) groups is 1. The predicted molar refractivity (Wildman–Crippen MR) is 105 cm³/mol. The summed E-state index contributed by atoms with van der Waals surface area (Å²) in [7, 11) is 1.23. The molecule has 0 saturated carbocycles. The number of methoxy groups -OCH3 is 1. The standard InChI is InChI=1S/C20H16N2O4S/c1-13-8-6-7-11-15(13)22-19(25)16(12-17(23)26-2)27-20(22)21-18(24)14-9-4-3-5-10-14/h3-12H,1-2H3. The molecular formula is C20H16N2O4S. The molecule has 6 nitrogen and oxygen atoms in total. The summed E-state index contributed by atoms with van der Waals surface area (Å²) in [6.07, 6.45) is 1.10. The summed E-state index contributed by atoms with van der Waals surface area (Å²) in [4.78, 5) is 42.6. The second-order valence-corrected chi connectivity index (χ2v) is 6.64. The van der Waals surface area contributed by atoms with Crippen LogP contribution in [-0.2, 0) is 14.3 Å². The number of benzene rings is 2.